The molecule has 0 radical (unpaired) electrons. The number of hydrogen-bond acceptors (Lipinski definition) is 3. The van der Waals surface area contributed by atoms with Gasteiger partial charge >= 0.3 is 0 Å². The van der Waals surface area contributed by atoms with E-state index in [-0.39, 0.29) is 5.75 Å². The van der Waals surface area contributed by atoms with E-state index >= 15 is 0 Å². The molecule has 0 spiro atoms. The Kier molecular flexibility index (Phi) is 3.91. The standard InChI is InChI=1S/C12H16F2N2O/c1-17-12-6-9(10(13)7-11(12)14)8-16-4-2-15-3-5-16/h6-7,15H,2-5,8H2,1H3. The molecule has 3 nitrogen and oxygen atoms in total. The van der Waals surface area contributed by atoms with Gasteiger partial charge in [-0.05, 0) is 6.07 Å². The summed E-state index contributed by atoms with van der Waals surface area (Å²) in [5.74, 6) is -1.08. The third-order valence-corrected chi connectivity index (χ3v) is 2.92. The van der Waals surface area contributed by atoms with Crippen LogP contribution in [0.15, 0.2) is 12.1 Å². The number of methoxy groups -OCH3 is 1. The molecule has 0 aromatic heterocycles. The Hall–Kier alpha value is -1.20. The van der Waals surface area contributed by atoms with Crippen molar-refractivity contribution in [2.75, 3.05) is 33.3 Å². The smallest absolute Gasteiger partial charge is 0.167 e. The molecular formula is C12H16F2N2O. The monoisotopic (exact) mass is 242 g/mol. The summed E-state index contributed by atoms with van der Waals surface area (Å²) in [7, 11) is 1.38. The second-order valence-electron chi connectivity index (χ2n) is 4.10. The van der Waals surface area contributed by atoms with Crippen LogP contribution in [-0.2, 0) is 6.54 Å². The summed E-state index contributed by atoms with van der Waals surface area (Å²) in [4.78, 5) is 2.13. The van der Waals surface area contributed by atoms with Crippen molar-refractivity contribution in [2.24, 2.45) is 0 Å². The van der Waals surface area contributed by atoms with Gasteiger partial charge < -0.3 is 10.1 Å². The van der Waals surface area contributed by atoms with E-state index in [1.807, 2.05) is 0 Å². The summed E-state index contributed by atoms with van der Waals surface area (Å²) >= 11 is 0. The van der Waals surface area contributed by atoms with Crippen molar-refractivity contribution in [3.8, 4) is 5.75 Å². The van der Waals surface area contributed by atoms with Crippen LogP contribution in [0.1, 0.15) is 5.56 Å². The first-order chi connectivity index (χ1) is 8.20. The highest BCUT2D eigenvalue weighted by molar-refractivity contribution is 5.31. The number of nitrogens with zero attached hydrogens (tertiary/aromatic N) is 1. The molecule has 2 rings (SSSR count). The Labute approximate surface area is 99.4 Å². The van der Waals surface area contributed by atoms with E-state index in [9.17, 15) is 8.78 Å². The second kappa shape index (κ2) is 5.42. The van der Waals surface area contributed by atoms with Crippen molar-refractivity contribution >= 4 is 0 Å². The topological polar surface area (TPSA) is 24.5 Å². The van der Waals surface area contributed by atoms with Crippen LogP contribution in [-0.4, -0.2) is 38.2 Å². The molecule has 1 aromatic rings. The third kappa shape index (κ3) is 2.92. The van der Waals surface area contributed by atoms with Crippen LogP contribution < -0.4 is 10.1 Å². The summed E-state index contributed by atoms with van der Waals surface area (Å²) in [6.45, 7) is 4.04. The van der Waals surface area contributed by atoms with Crippen molar-refractivity contribution < 1.29 is 13.5 Å². The van der Waals surface area contributed by atoms with Gasteiger partial charge in [-0.1, -0.05) is 0 Å². The zero-order chi connectivity index (χ0) is 12.3. The molecule has 0 unspecified atom stereocenters. The van der Waals surface area contributed by atoms with Gasteiger partial charge in [0, 0.05) is 44.4 Å². The maximum absolute atomic E-state index is 13.6. The molecule has 1 saturated heterocycles. The first-order valence-corrected chi connectivity index (χ1v) is 5.65. The molecule has 5 heteroatoms. The summed E-state index contributed by atoms with van der Waals surface area (Å²) in [6.07, 6.45) is 0. The van der Waals surface area contributed by atoms with Gasteiger partial charge in [-0.25, -0.2) is 8.78 Å². The molecule has 1 N–H and O–H groups in total. The fourth-order valence-electron chi connectivity index (χ4n) is 1.96. The molecule has 1 fully saturated rings. The van der Waals surface area contributed by atoms with Gasteiger partial charge in [-0.15, -0.1) is 0 Å². The Morgan fingerprint density at radius 1 is 1.24 bits per heavy atom. The van der Waals surface area contributed by atoms with Gasteiger partial charge in [-0.2, -0.15) is 0 Å². The van der Waals surface area contributed by atoms with Crippen molar-refractivity contribution in [1.29, 1.82) is 0 Å². The van der Waals surface area contributed by atoms with Crippen LogP contribution in [0.25, 0.3) is 0 Å². The number of halogens is 2. The average molecular weight is 242 g/mol. The van der Waals surface area contributed by atoms with Gasteiger partial charge in [0.25, 0.3) is 0 Å². The minimum Gasteiger partial charge on any atom is -0.494 e. The minimum atomic E-state index is -0.658. The van der Waals surface area contributed by atoms with Gasteiger partial charge in [-0.3, -0.25) is 4.90 Å². The Morgan fingerprint density at radius 3 is 2.59 bits per heavy atom. The van der Waals surface area contributed by atoms with Gasteiger partial charge in [0.2, 0.25) is 0 Å². The summed E-state index contributed by atoms with van der Waals surface area (Å²) in [6, 6.07) is 2.32. The molecule has 1 aliphatic rings. The van der Waals surface area contributed by atoms with Crippen molar-refractivity contribution in [3.63, 3.8) is 0 Å². The second-order valence-corrected chi connectivity index (χ2v) is 4.10. The van der Waals surface area contributed by atoms with E-state index in [0.29, 0.717) is 12.1 Å². The molecule has 0 saturated carbocycles. The predicted molar refractivity (Wildman–Crippen MR) is 61.1 cm³/mol. The lowest BCUT2D eigenvalue weighted by molar-refractivity contribution is 0.229. The molecule has 1 aromatic carbocycles. The first-order valence-electron chi connectivity index (χ1n) is 5.65. The molecule has 0 aliphatic carbocycles. The fourth-order valence-corrected chi connectivity index (χ4v) is 1.96. The van der Waals surface area contributed by atoms with Crippen molar-refractivity contribution in [3.05, 3.63) is 29.3 Å². The maximum atomic E-state index is 13.6. The number of ether oxygens (including phenoxy) is 1. The molecule has 94 valence electrons. The zero-order valence-corrected chi connectivity index (χ0v) is 9.80. The fraction of sp³-hybridized carbons (Fsp3) is 0.500. The highest BCUT2D eigenvalue weighted by atomic mass is 19.1. The van der Waals surface area contributed by atoms with E-state index < -0.39 is 11.6 Å². The molecule has 0 amide bonds. The molecule has 0 bridgehead atoms. The van der Waals surface area contributed by atoms with Crippen LogP contribution in [0.4, 0.5) is 8.78 Å². The Bertz CT molecular complexity index is 392. The Morgan fingerprint density at radius 2 is 1.94 bits per heavy atom. The SMILES string of the molecule is COc1cc(CN2CCNCC2)c(F)cc1F. The molecule has 1 aliphatic heterocycles. The van der Waals surface area contributed by atoms with Gasteiger partial charge in [0.15, 0.2) is 11.6 Å². The number of benzene rings is 1. The van der Waals surface area contributed by atoms with E-state index in [1.54, 1.807) is 0 Å². The van der Waals surface area contributed by atoms with Crippen LogP contribution >= 0.6 is 0 Å². The summed E-state index contributed by atoms with van der Waals surface area (Å²) in [5.41, 5.74) is 0.477. The summed E-state index contributed by atoms with van der Waals surface area (Å²) in [5, 5.41) is 3.23. The highest BCUT2D eigenvalue weighted by Gasteiger charge is 2.15. The summed E-state index contributed by atoms with van der Waals surface area (Å²) < 4.78 is 31.7. The minimum absolute atomic E-state index is 0.0940. The number of nitrogens with one attached hydrogen (secondary N) is 1. The number of piperazine rings is 1. The molecular weight excluding hydrogens is 226 g/mol. The normalized spacial score (nSPS) is 17.1. The van der Waals surface area contributed by atoms with Gasteiger partial charge in [0.1, 0.15) is 5.82 Å². The van der Waals surface area contributed by atoms with Crippen molar-refractivity contribution in [2.45, 2.75) is 6.54 Å². The lowest BCUT2D eigenvalue weighted by Crippen LogP contribution is -2.43. The number of hydrogen-bond donors (Lipinski definition) is 1. The lowest BCUT2D eigenvalue weighted by atomic mass is 10.1. The van der Waals surface area contributed by atoms with E-state index in [4.69, 9.17) is 4.74 Å². The molecule has 1 heterocycles. The quantitative estimate of drug-likeness (QED) is 0.866. The van der Waals surface area contributed by atoms with E-state index in [1.165, 1.54) is 13.2 Å². The molecule has 17 heavy (non-hydrogen) atoms. The third-order valence-electron chi connectivity index (χ3n) is 2.92. The average Bonchev–Trinajstić information content (AvgIpc) is 2.34. The van der Waals surface area contributed by atoms with E-state index in [2.05, 4.69) is 10.2 Å². The van der Waals surface area contributed by atoms with Crippen molar-refractivity contribution in [1.82, 2.24) is 10.2 Å². The van der Waals surface area contributed by atoms with Crippen LogP contribution in [0.5, 0.6) is 5.75 Å². The van der Waals surface area contributed by atoms with Gasteiger partial charge in [0.05, 0.1) is 7.11 Å². The Balaban J connectivity index is 2.13. The van der Waals surface area contributed by atoms with Crippen LogP contribution in [0.2, 0.25) is 0 Å². The number of rotatable bonds is 3. The zero-order valence-electron chi connectivity index (χ0n) is 9.80. The lowest BCUT2D eigenvalue weighted by Gasteiger charge is -2.27. The highest BCUT2D eigenvalue weighted by Crippen LogP contribution is 2.22. The maximum Gasteiger partial charge on any atom is 0.167 e. The van der Waals surface area contributed by atoms with Crippen LogP contribution in [0.3, 0.4) is 0 Å². The first kappa shape index (κ1) is 12.3. The van der Waals surface area contributed by atoms with Crippen LogP contribution in [0, 0.1) is 11.6 Å². The predicted octanol–water partition coefficient (Wildman–Crippen LogP) is 1.38. The van der Waals surface area contributed by atoms with E-state index in [0.717, 1.165) is 32.2 Å². The molecule has 0 atom stereocenters. The largest absolute Gasteiger partial charge is 0.494 e.